The van der Waals surface area contributed by atoms with Gasteiger partial charge in [-0.3, -0.25) is 9.59 Å². The molecule has 2 heterocycles. The summed E-state index contributed by atoms with van der Waals surface area (Å²) in [5.74, 6) is 1.43. The van der Waals surface area contributed by atoms with Gasteiger partial charge in [0.25, 0.3) is 5.56 Å². The Kier molecular flexibility index (Phi) is 5.63. The smallest absolute Gasteiger partial charge is 0.279 e. The largest absolute Gasteiger partial charge is 0.497 e. The van der Waals surface area contributed by atoms with Crippen molar-refractivity contribution in [3.63, 3.8) is 0 Å². The highest BCUT2D eigenvalue weighted by Gasteiger charge is 2.32. The van der Waals surface area contributed by atoms with E-state index in [-0.39, 0.29) is 23.8 Å². The van der Waals surface area contributed by atoms with Gasteiger partial charge < -0.3 is 14.6 Å². The third-order valence-electron chi connectivity index (χ3n) is 5.42. The highest BCUT2D eigenvalue weighted by Crippen LogP contribution is 2.37. The van der Waals surface area contributed by atoms with Gasteiger partial charge in [-0.1, -0.05) is 48.2 Å². The number of aryl methyl sites for hydroxylation is 1. The highest BCUT2D eigenvalue weighted by molar-refractivity contribution is 7.98. The number of fused-ring (bicyclic) bond motifs is 1. The number of thioether (sulfide) groups is 1. The van der Waals surface area contributed by atoms with Crippen LogP contribution in [0.5, 0.6) is 5.75 Å². The molecule has 0 fully saturated rings. The van der Waals surface area contributed by atoms with E-state index in [0.717, 1.165) is 5.56 Å². The van der Waals surface area contributed by atoms with E-state index < -0.39 is 0 Å². The van der Waals surface area contributed by atoms with Crippen LogP contribution in [0.3, 0.4) is 0 Å². The molecule has 1 atom stereocenters. The second-order valence-corrected chi connectivity index (χ2v) is 8.26. The van der Waals surface area contributed by atoms with Crippen LogP contribution in [0.1, 0.15) is 34.6 Å². The van der Waals surface area contributed by atoms with Crippen LogP contribution in [0.4, 0.5) is 5.82 Å². The molecular formula is C23H23N3O3S. The summed E-state index contributed by atoms with van der Waals surface area (Å²) in [6.45, 7) is 2.06. The third kappa shape index (κ3) is 3.85. The van der Waals surface area contributed by atoms with E-state index in [9.17, 15) is 9.59 Å². The Labute approximate surface area is 179 Å². The molecule has 6 nitrogen and oxygen atoms in total. The van der Waals surface area contributed by atoms with Gasteiger partial charge >= 0.3 is 0 Å². The predicted octanol–water partition coefficient (Wildman–Crippen LogP) is 3.86. The van der Waals surface area contributed by atoms with Gasteiger partial charge in [0.15, 0.2) is 5.16 Å². The van der Waals surface area contributed by atoms with Crippen LogP contribution in [0.15, 0.2) is 58.5 Å². The topological polar surface area (TPSA) is 73.2 Å². The van der Waals surface area contributed by atoms with Crippen molar-refractivity contribution in [1.29, 1.82) is 0 Å². The number of methoxy groups -OCH3 is 1. The maximum Gasteiger partial charge on any atom is 0.279 e. The first kappa shape index (κ1) is 20.2. The Balaban J connectivity index is 1.73. The molecular weight excluding hydrogens is 398 g/mol. The van der Waals surface area contributed by atoms with E-state index in [2.05, 4.69) is 29.4 Å². The van der Waals surface area contributed by atoms with Gasteiger partial charge in [0.05, 0.1) is 12.7 Å². The summed E-state index contributed by atoms with van der Waals surface area (Å²) < 4.78 is 7.12. The first-order valence-electron chi connectivity index (χ1n) is 9.70. The molecule has 0 saturated heterocycles. The van der Waals surface area contributed by atoms with Crippen molar-refractivity contribution in [3.05, 3.63) is 81.1 Å². The summed E-state index contributed by atoms with van der Waals surface area (Å²) in [7, 11) is 3.43. The lowest BCUT2D eigenvalue weighted by Crippen LogP contribution is -2.33. The van der Waals surface area contributed by atoms with Crippen molar-refractivity contribution in [2.24, 2.45) is 7.05 Å². The first-order chi connectivity index (χ1) is 14.5. The van der Waals surface area contributed by atoms with Gasteiger partial charge in [0, 0.05) is 25.1 Å². The lowest BCUT2D eigenvalue weighted by molar-refractivity contribution is -0.116. The van der Waals surface area contributed by atoms with E-state index in [1.807, 2.05) is 48.0 Å². The van der Waals surface area contributed by atoms with E-state index in [1.54, 1.807) is 7.11 Å². The Morgan fingerprint density at radius 3 is 2.77 bits per heavy atom. The SMILES string of the molecule is COc1cccc(C2CC(=O)Nc3c2c(=O)nc(SCc2ccccc2C)n3C)c1. The van der Waals surface area contributed by atoms with E-state index >= 15 is 0 Å². The van der Waals surface area contributed by atoms with E-state index in [0.29, 0.717) is 28.0 Å². The number of benzene rings is 2. The molecule has 7 heteroatoms. The minimum absolute atomic E-state index is 0.119. The fraction of sp³-hybridized carbons (Fsp3) is 0.261. The molecule has 0 spiro atoms. The number of rotatable bonds is 5. The van der Waals surface area contributed by atoms with Gasteiger partial charge in [0.1, 0.15) is 11.6 Å². The summed E-state index contributed by atoms with van der Waals surface area (Å²) in [4.78, 5) is 29.9. The average molecular weight is 422 g/mol. The van der Waals surface area contributed by atoms with Gasteiger partial charge in [-0.15, -0.1) is 0 Å². The summed E-state index contributed by atoms with van der Waals surface area (Å²) in [5, 5.41) is 3.46. The molecule has 0 aliphatic carbocycles. The van der Waals surface area contributed by atoms with Crippen molar-refractivity contribution in [3.8, 4) is 5.75 Å². The van der Waals surface area contributed by atoms with Crippen LogP contribution in [-0.4, -0.2) is 22.6 Å². The fourth-order valence-electron chi connectivity index (χ4n) is 3.72. The number of amides is 1. The lowest BCUT2D eigenvalue weighted by Gasteiger charge is -2.27. The molecule has 1 N–H and O–H groups in total. The van der Waals surface area contributed by atoms with Gasteiger partial charge in [-0.25, -0.2) is 0 Å². The molecule has 2 aromatic carbocycles. The number of hydrogen-bond acceptors (Lipinski definition) is 5. The molecule has 4 rings (SSSR count). The van der Waals surface area contributed by atoms with Gasteiger partial charge in [-0.05, 0) is 35.7 Å². The van der Waals surface area contributed by atoms with Crippen molar-refractivity contribution in [2.75, 3.05) is 12.4 Å². The van der Waals surface area contributed by atoms with E-state index in [1.165, 1.54) is 22.9 Å². The number of aromatic nitrogens is 2. The van der Waals surface area contributed by atoms with Crippen molar-refractivity contribution in [1.82, 2.24) is 9.55 Å². The maximum atomic E-state index is 13.0. The number of hydrogen-bond donors (Lipinski definition) is 1. The maximum absolute atomic E-state index is 13.0. The second-order valence-electron chi connectivity index (χ2n) is 7.32. The first-order valence-corrected chi connectivity index (χ1v) is 10.7. The van der Waals surface area contributed by atoms with Gasteiger partial charge in [-0.2, -0.15) is 4.98 Å². The third-order valence-corrected chi connectivity index (χ3v) is 6.49. The average Bonchev–Trinajstić information content (AvgIpc) is 2.75. The molecule has 1 aliphatic heterocycles. The van der Waals surface area contributed by atoms with Crippen LogP contribution >= 0.6 is 11.8 Å². The van der Waals surface area contributed by atoms with E-state index in [4.69, 9.17) is 4.74 Å². The van der Waals surface area contributed by atoms with Crippen LogP contribution in [-0.2, 0) is 17.6 Å². The number of carbonyl (C=O) groups is 1. The zero-order valence-electron chi connectivity index (χ0n) is 17.1. The van der Waals surface area contributed by atoms with Gasteiger partial charge in [0.2, 0.25) is 5.91 Å². The standard InChI is InChI=1S/C23H23N3O3S/c1-14-7-4-5-8-16(14)13-30-23-25-22(28)20-18(12-19(27)24-21(20)26(23)2)15-9-6-10-17(11-15)29-3/h4-11,18H,12-13H2,1-3H3,(H,24,27). The minimum atomic E-state index is -0.356. The number of nitrogens with one attached hydrogen (secondary N) is 1. The Morgan fingerprint density at radius 1 is 1.20 bits per heavy atom. The van der Waals surface area contributed by atoms with Crippen LogP contribution in [0.2, 0.25) is 0 Å². The summed E-state index contributed by atoms with van der Waals surface area (Å²) >= 11 is 1.49. The molecule has 0 saturated carbocycles. The zero-order chi connectivity index (χ0) is 21.3. The molecule has 1 aliphatic rings. The molecule has 154 valence electrons. The van der Waals surface area contributed by atoms with Crippen LogP contribution < -0.4 is 15.6 Å². The molecule has 30 heavy (non-hydrogen) atoms. The minimum Gasteiger partial charge on any atom is -0.497 e. The molecule has 1 amide bonds. The predicted molar refractivity (Wildman–Crippen MR) is 118 cm³/mol. The molecule has 3 aromatic rings. The normalized spacial score (nSPS) is 15.4. The zero-order valence-corrected chi connectivity index (χ0v) is 18.0. The Hall–Kier alpha value is -3.06. The summed E-state index contributed by atoms with van der Waals surface area (Å²) in [5.41, 5.74) is 3.46. The van der Waals surface area contributed by atoms with Crippen molar-refractivity contribution < 1.29 is 9.53 Å². The Morgan fingerprint density at radius 2 is 2.00 bits per heavy atom. The number of anilines is 1. The highest BCUT2D eigenvalue weighted by atomic mass is 32.2. The monoisotopic (exact) mass is 421 g/mol. The summed E-state index contributed by atoms with van der Waals surface area (Å²) in [6, 6.07) is 15.6. The summed E-state index contributed by atoms with van der Waals surface area (Å²) in [6.07, 6.45) is 0.201. The van der Waals surface area contributed by atoms with Crippen LogP contribution in [0, 0.1) is 6.92 Å². The molecule has 0 radical (unpaired) electrons. The number of nitrogens with zero attached hydrogens (tertiary/aromatic N) is 2. The fourth-order valence-corrected chi connectivity index (χ4v) is 4.76. The number of ether oxygens (including phenoxy) is 1. The lowest BCUT2D eigenvalue weighted by atomic mass is 9.86. The van der Waals surface area contributed by atoms with Crippen molar-refractivity contribution >= 4 is 23.5 Å². The molecule has 1 aromatic heterocycles. The molecule has 1 unspecified atom stereocenters. The quantitative estimate of drug-likeness (QED) is 0.500. The van der Waals surface area contributed by atoms with Crippen LogP contribution in [0.25, 0.3) is 0 Å². The van der Waals surface area contributed by atoms with Crippen molar-refractivity contribution in [2.45, 2.75) is 30.2 Å². The second kappa shape index (κ2) is 8.36. The molecule has 0 bridgehead atoms. The Bertz CT molecular complexity index is 1170. The number of carbonyl (C=O) groups excluding carboxylic acids is 1.